The van der Waals surface area contributed by atoms with Crippen molar-refractivity contribution >= 4 is 40.4 Å². The van der Waals surface area contributed by atoms with Gasteiger partial charge < -0.3 is 19.6 Å². The molecule has 3 saturated heterocycles. The molecular weight excluding hydrogens is 605 g/mol. The Kier molecular flexibility index (Phi) is 9.48. The third-order valence-electron chi connectivity index (χ3n) is 9.69. The van der Waals surface area contributed by atoms with Crippen LogP contribution in [-0.2, 0) is 9.59 Å². The number of anilines is 1. The van der Waals surface area contributed by atoms with E-state index in [0.29, 0.717) is 43.8 Å². The van der Waals surface area contributed by atoms with Crippen molar-refractivity contribution in [2.24, 2.45) is 5.41 Å². The van der Waals surface area contributed by atoms with Gasteiger partial charge in [-0.2, -0.15) is 0 Å². The van der Waals surface area contributed by atoms with E-state index >= 15 is 4.39 Å². The molecule has 3 aliphatic rings. The number of thioether (sulfide) groups is 1. The molecule has 12 heteroatoms. The molecule has 10 nitrogen and oxygen atoms in total. The van der Waals surface area contributed by atoms with Gasteiger partial charge in [0, 0.05) is 71.5 Å². The van der Waals surface area contributed by atoms with E-state index in [0.717, 1.165) is 50.2 Å². The lowest BCUT2D eigenvalue weighted by Gasteiger charge is -2.38. The molecule has 3 aliphatic heterocycles. The van der Waals surface area contributed by atoms with Crippen molar-refractivity contribution in [3.05, 3.63) is 58.4 Å². The van der Waals surface area contributed by atoms with Gasteiger partial charge in [-0.05, 0) is 49.4 Å². The molecule has 1 aromatic carbocycles. The lowest BCUT2D eigenvalue weighted by atomic mass is 9.92. The molecule has 2 amide bonds. The first kappa shape index (κ1) is 32.6. The summed E-state index contributed by atoms with van der Waals surface area (Å²) in [6, 6.07) is 8.88. The number of halogens is 1. The van der Waals surface area contributed by atoms with Gasteiger partial charge in [-0.3, -0.25) is 19.1 Å². The lowest BCUT2D eigenvalue weighted by molar-refractivity contribution is -0.136. The Morgan fingerprint density at radius 2 is 1.80 bits per heavy atom. The molecule has 3 fully saturated rings. The van der Waals surface area contributed by atoms with Gasteiger partial charge in [-0.1, -0.05) is 39.8 Å². The van der Waals surface area contributed by atoms with Crippen LogP contribution in [0, 0.1) is 11.2 Å². The Balaban J connectivity index is 0.00000433. The number of carbonyl (C=O) groups is 2. The predicted octanol–water partition coefficient (Wildman–Crippen LogP) is 4.88. The number of nitrogens with zero attached hydrogens (tertiary/aromatic N) is 6. The van der Waals surface area contributed by atoms with E-state index in [9.17, 15) is 14.4 Å². The van der Waals surface area contributed by atoms with E-state index in [-0.39, 0.29) is 48.0 Å². The molecule has 46 heavy (non-hydrogen) atoms. The highest BCUT2D eigenvalue weighted by molar-refractivity contribution is 8.01. The van der Waals surface area contributed by atoms with Crippen LogP contribution in [0.5, 0.6) is 0 Å². The van der Waals surface area contributed by atoms with Crippen LogP contribution in [0.2, 0.25) is 0 Å². The number of aromatic amines is 1. The number of imidazole rings is 1. The van der Waals surface area contributed by atoms with Crippen LogP contribution in [0.3, 0.4) is 0 Å². The third kappa shape index (κ3) is 6.69. The quantitative estimate of drug-likeness (QED) is 0.370. The second-order valence-corrected chi connectivity index (χ2v) is 15.2. The fraction of sp³-hybridized carbons (Fsp3) is 0.588. The number of likely N-dealkylation sites (N-methyl/N-ethyl adjacent to an activating group) is 1. The minimum atomic E-state index is -0.537. The van der Waals surface area contributed by atoms with E-state index in [1.165, 1.54) is 17.8 Å². The minimum Gasteiger partial charge on any atom is -0.366 e. The summed E-state index contributed by atoms with van der Waals surface area (Å²) in [5, 5.41) is -0.902. The number of hydrogen-bond donors (Lipinski definition) is 1. The van der Waals surface area contributed by atoms with Gasteiger partial charge in [-0.25, -0.2) is 14.2 Å². The zero-order chi connectivity index (χ0) is 32.6. The molecular formula is C34H48FN7O3S. The summed E-state index contributed by atoms with van der Waals surface area (Å²) in [5.74, 6) is -0.367. The fourth-order valence-electron chi connectivity index (χ4n) is 6.98. The van der Waals surface area contributed by atoms with E-state index in [1.807, 2.05) is 28.0 Å². The van der Waals surface area contributed by atoms with Crippen molar-refractivity contribution < 1.29 is 15.4 Å². The zero-order valence-corrected chi connectivity index (χ0v) is 28.2. The average molecular weight is 654 g/mol. The first-order chi connectivity index (χ1) is 22.0. The molecule has 2 aromatic heterocycles. The number of H-pyrrole nitrogens is 1. The number of piperazine rings is 1. The summed E-state index contributed by atoms with van der Waals surface area (Å²) in [6.45, 7) is 14.4. The summed E-state index contributed by atoms with van der Waals surface area (Å²) in [5.41, 5.74) is 2.57. The van der Waals surface area contributed by atoms with E-state index in [4.69, 9.17) is 0 Å². The van der Waals surface area contributed by atoms with Gasteiger partial charge >= 0.3 is 5.69 Å². The van der Waals surface area contributed by atoms with Crippen molar-refractivity contribution in [3.63, 3.8) is 0 Å². The number of fused-ring (bicyclic) bond motifs is 1. The number of piperidine rings is 1. The summed E-state index contributed by atoms with van der Waals surface area (Å²) >= 11 is 1.49. The monoisotopic (exact) mass is 653 g/mol. The maximum atomic E-state index is 15.6. The molecule has 0 spiro atoms. The van der Waals surface area contributed by atoms with E-state index < -0.39 is 5.25 Å². The normalized spacial score (nSPS) is 21.9. The second-order valence-electron chi connectivity index (χ2n) is 13.9. The Hall–Kier alpha value is -3.38. The Morgan fingerprint density at radius 1 is 1.07 bits per heavy atom. The Morgan fingerprint density at radius 3 is 2.50 bits per heavy atom. The van der Waals surface area contributed by atoms with Crippen molar-refractivity contribution in [3.8, 4) is 0 Å². The molecule has 0 radical (unpaired) electrons. The highest BCUT2D eigenvalue weighted by atomic mass is 32.2. The molecule has 2 unspecified atom stereocenters. The van der Waals surface area contributed by atoms with Gasteiger partial charge in [0.15, 0.2) is 5.65 Å². The SMILES string of the molecule is CCN1CCN(c2c(F)cccc2C2SC(CC(=O)N3CCC(n4c(=O)[nH]c5ncccc54)CC3)C(=O)N2CCC(C)(C)C)CC1.[HH]. The molecule has 0 aliphatic carbocycles. The summed E-state index contributed by atoms with van der Waals surface area (Å²) in [6.07, 6.45) is 3.86. The van der Waals surface area contributed by atoms with Crippen molar-refractivity contribution in [2.45, 2.75) is 70.0 Å². The number of nitrogens with one attached hydrogen (secondary N) is 1. The van der Waals surface area contributed by atoms with Gasteiger partial charge in [-0.15, -0.1) is 11.8 Å². The van der Waals surface area contributed by atoms with Crippen LogP contribution in [0.15, 0.2) is 41.3 Å². The van der Waals surface area contributed by atoms with E-state index in [2.05, 4.69) is 47.5 Å². The van der Waals surface area contributed by atoms with Gasteiger partial charge in [0.2, 0.25) is 11.8 Å². The van der Waals surface area contributed by atoms with Crippen LogP contribution in [-0.4, -0.2) is 98.7 Å². The molecule has 250 valence electrons. The molecule has 0 bridgehead atoms. The topological polar surface area (TPSA) is 97.8 Å². The Bertz CT molecular complexity index is 1630. The van der Waals surface area contributed by atoms with Crippen molar-refractivity contribution in [1.82, 2.24) is 29.2 Å². The maximum Gasteiger partial charge on any atom is 0.327 e. The summed E-state index contributed by atoms with van der Waals surface area (Å²) in [4.78, 5) is 55.7. The predicted molar refractivity (Wildman–Crippen MR) is 183 cm³/mol. The third-order valence-corrected chi connectivity index (χ3v) is 11.2. The van der Waals surface area contributed by atoms with Crippen LogP contribution in [0.4, 0.5) is 10.1 Å². The highest BCUT2D eigenvalue weighted by Crippen LogP contribution is 2.48. The standard InChI is InChI=1S/C34H46FN7O3S.H2/c1-5-38-18-20-40(21-19-38)29-24(8-6-9-25(29)35)32-41(17-13-34(2,3)4)31(44)27(46-32)22-28(43)39-15-11-23(12-16-39)42-26-10-7-14-36-30(26)37-33(42)45;/h6-10,14,23,27,32H,5,11-13,15-22H2,1-4H3,(H,36,37,45);1H. The summed E-state index contributed by atoms with van der Waals surface area (Å²) < 4.78 is 17.4. The first-order valence-electron chi connectivity index (χ1n) is 16.6. The lowest BCUT2D eigenvalue weighted by Crippen LogP contribution is -2.47. The maximum absolute atomic E-state index is 15.6. The number of amides is 2. The number of aromatic nitrogens is 3. The molecule has 5 heterocycles. The first-order valence-corrected chi connectivity index (χ1v) is 17.5. The number of hydrogen-bond acceptors (Lipinski definition) is 7. The number of para-hydroxylation sites is 1. The summed E-state index contributed by atoms with van der Waals surface area (Å²) in [7, 11) is 0. The van der Waals surface area contributed by atoms with Gasteiger partial charge in [0.05, 0.1) is 16.5 Å². The van der Waals surface area contributed by atoms with Crippen LogP contribution >= 0.6 is 11.8 Å². The molecule has 2 atom stereocenters. The largest absolute Gasteiger partial charge is 0.366 e. The molecule has 6 rings (SSSR count). The van der Waals surface area contributed by atoms with Crippen molar-refractivity contribution in [1.29, 1.82) is 0 Å². The zero-order valence-electron chi connectivity index (χ0n) is 27.4. The van der Waals surface area contributed by atoms with Crippen LogP contribution < -0.4 is 10.6 Å². The number of pyridine rings is 1. The number of rotatable bonds is 8. The smallest absolute Gasteiger partial charge is 0.327 e. The van der Waals surface area contributed by atoms with Gasteiger partial charge in [0.25, 0.3) is 0 Å². The Labute approximate surface area is 275 Å². The number of benzene rings is 1. The molecule has 1 N–H and O–H groups in total. The second kappa shape index (κ2) is 13.4. The molecule has 3 aromatic rings. The average Bonchev–Trinajstić information content (AvgIpc) is 3.54. The van der Waals surface area contributed by atoms with Crippen LogP contribution in [0.25, 0.3) is 11.2 Å². The minimum absolute atomic E-state index is 0. The van der Waals surface area contributed by atoms with Crippen molar-refractivity contribution in [2.75, 3.05) is 57.3 Å². The van der Waals surface area contributed by atoms with E-state index in [1.54, 1.807) is 16.8 Å². The van der Waals surface area contributed by atoms with Gasteiger partial charge in [0.1, 0.15) is 11.2 Å². The number of likely N-dealkylation sites (tertiary alicyclic amines) is 1. The van der Waals surface area contributed by atoms with Crippen LogP contribution in [0.1, 0.15) is 71.8 Å². The fourth-order valence-corrected chi connectivity index (χ4v) is 8.48. The number of carbonyl (C=O) groups excluding carboxylic acids is 2. The highest BCUT2D eigenvalue weighted by Gasteiger charge is 2.44. The molecule has 0 saturated carbocycles.